The minimum absolute atomic E-state index is 0.0143. The van der Waals surface area contributed by atoms with Crippen molar-refractivity contribution >= 4 is 10.0 Å². The Morgan fingerprint density at radius 2 is 2.05 bits per heavy atom. The van der Waals surface area contributed by atoms with Crippen molar-refractivity contribution in [2.24, 2.45) is 0 Å². The Hall–Kier alpha value is -1.46. The van der Waals surface area contributed by atoms with Crippen molar-refractivity contribution in [2.45, 2.75) is 5.75 Å². The molecule has 0 fully saturated rings. The van der Waals surface area contributed by atoms with E-state index in [4.69, 9.17) is 15.1 Å². The summed E-state index contributed by atoms with van der Waals surface area (Å²) in [7, 11) is -2.12. The number of aliphatic hydroxyl groups excluding tert-OH is 1. The van der Waals surface area contributed by atoms with Crippen LogP contribution in [-0.4, -0.2) is 51.2 Å². The molecule has 0 saturated carbocycles. The highest BCUT2D eigenvalue weighted by molar-refractivity contribution is 7.88. The van der Waals surface area contributed by atoms with E-state index in [1.807, 2.05) is 6.07 Å². The summed E-state index contributed by atoms with van der Waals surface area (Å²) in [5.74, 6) is -0.263. The number of hydrogen-bond acceptors (Lipinski definition) is 5. The number of hydrogen-bond donors (Lipinski definition) is 1. The number of methoxy groups -OCH3 is 1. The summed E-state index contributed by atoms with van der Waals surface area (Å²) in [6.07, 6.45) is 0. The normalized spacial score (nSPS) is 11.5. The number of aliphatic hydroxyl groups is 1. The first-order valence-electron chi connectivity index (χ1n) is 6.10. The fourth-order valence-corrected chi connectivity index (χ4v) is 3.28. The smallest absolute Gasteiger partial charge is 0.218 e. The van der Waals surface area contributed by atoms with Crippen LogP contribution in [0.4, 0.5) is 0 Å². The van der Waals surface area contributed by atoms with Crippen LogP contribution in [0.25, 0.3) is 0 Å². The van der Waals surface area contributed by atoms with Crippen LogP contribution in [-0.2, 0) is 20.5 Å². The summed E-state index contributed by atoms with van der Waals surface area (Å²) < 4.78 is 30.7. The molecule has 1 aromatic carbocycles. The van der Waals surface area contributed by atoms with Crippen LogP contribution in [0.3, 0.4) is 0 Å². The molecule has 0 heterocycles. The number of nitriles is 1. The largest absolute Gasteiger partial charge is 0.395 e. The monoisotopic (exact) mass is 298 g/mol. The predicted molar refractivity (Wildman–Crippen MR) is 74.3 cm³/mol. The van der Waals surface area contributed by atoms with E-state index in [1.165, 1.54) is 11.4 Å². The van der Waals surface area contributed by atoms with Crippen molar-refractivity contribution in [3.8, 4) is 6.07 Å². The molecule has 1 rings (SSSR count). The summed E-state index contributed by atoms with van der Waals surface area (Å²) in [4.78, 5) is 0. The van der Waals surface area contributed by atoms with E-state index >= 15 is 0 Å². The van der Waals surface area contributed by atoms with Crippen LogP contribution >= 0.6 is 0 Å². The number of nitrogens with zero attached hydrogens (tertiary/aromatic N) is 2. The average molecular weight is 298 g/mol. The van der Waals surface area contributed by atoms with E-state index in [9.17, 15) is 8.42 Å². The Bertz CT molecular complexity index is 566. The molecule has 0 unspecified atom stereocenters. The van der Waals surface area contributed by atoms with Gasteiger partial charge >= 0.3 is 0 Å². The van der Waals surface area contributed by atoms with Gasteiger partial charge in [0.1, 0.15) is 0 Å². The molecule has 0 saturated heterocycles. The molecule has 0 bridgehead atoms. The number of sulfonamides is 1. The Morgan fingerprint density at radius 1 is 1.35 bits per heavy atom. The molecule has 110 valence electrons. The number of benzene rings is 1. The quantitative estimate of drug-likeness (QED) is 0.747. The van der Waals surface area contributed by atoms with Gasteiger partial charge < -0.3 is 9.84 Å². The third-order valence-corrected chi connectivity index (χ3v) is 4.59. The second kappa shape index (κ2) is 7.97. The number of rotatable bonds is 8. The molecular weight excluding hydrogens is 280 g/mol. The Balaban J connectivity index is 2.94. The lowest BCUT2D eigenvalue weighted by Gasteiger charge is -2.21. The zero-order valence-corrected chi connectivity index (χ0v) is 12.1. The van der Waals surface area contributed by atoms with E-state index < -0.39 is 10.0 Å². The van der Waals surface area contributed by atoms with Crippen molar-refractivity contribution in [3.63, 3.8) is 0 Å². The maximum atomic E-state index is 12.3. The molecule has 0 amide bonds. The molecule has 1 aromatic rings. The molecule has 0 spiro atoms. The van der Waals surface area contributed by atoms with Gasteiger partial charge in [-0.3, -0.25) is 0 Å². The minimum atomic E-state index is -3.60. The summed E-state index contributed by atoms with van der Waals surface area (Å²) in [5, 5.41) is 17.9. The third-order valence-electron chi connectivity index (χ3n) is 2.76. The van der Waals surface area contributed by atoms with Crippen molar-refractivity contribution in [2.75, 3.05) is 33.4 Å². The standard InChI is InChI=1S/C13H18N2O4S/c1-19-9-7-15(6-8-16)20(17,18)11-13-5-3-2-4-12(13)10-14/h2-5,16H,6-9,11H2,1H3. The lowest BCUT2D eigenvalue weighted by atomic mass is 10.1. The van der Waals surface area contributed by atoms with Gasteiger partial charge in [-0.15, -0.1) is 0 Å². The van der Waals surface area contributed by atoms with Gasteiger partial charge in [-0.25, -0.2) is 8.42 Å². The molecule has 0 aromatic heterocycles. The molecule has 7 heteroatoms. The van der Waals surface area contributed by atoms with Gasteiger partial charge in [-0.05, 0) is 11.6 Å². The third kappa shape index (κ3) is 4.58. The maximum Gasteiger partial charge on any atom is 0.218 e. The first-order valence-corrected chi connectivity index (χ1v) is 7.71. The molecular formula is C13H18N2O4S. The van der Waals surface area contributed by atoms with Crippen molar-refractivity contribution < 1.29 is 18.3 Å². The highest BCUT2D eigenvalue weighted by Crippen LogP contribution is 2.14. The number of ether oxygens (including phenoxy) is 1. The van der Waals surface area contributed by atoms with E-state index in [-0.39, 0.29) is 32.1 Å². The van der Waals surface area contributed by atoms with Crippen LogP contribution in [0.15, 0.2) is 24.3 Å². The van der Waals surface area contributed by atoms with Crippen LogP contribution in [0, 0.1) is 11.3 Å². The first kappa shape index (κ1) is 16.6. The first-order chi connectivity index (χ1) is 9.55. The summed E-state index contributed by atoms with van der Waals surface area (Å²) in [6, 6.07) is 8.55. The molecule has 0 aliphatic carbocycles. The van der Waals surface area contributed by atoms with Gasteiger partial charge in [0.2, 0.25) is 10.0 Å². The second-order valence-corrected chi connectivity index (χ2v) is 6.11. The molecule has 0 radical (unpaired) electrons. The SMILES string of the molecule is COCCN(CCO)S(=O)(=O)Cc1ccccc1C#N. The van der Waals surface area contributed by atoms with Gasteiger partial charge in [-0.2, -0.15) is 9.57 Å². The Labute approximate surface area is 119 Å². The predicted octanol–water partition coefficient (Wildman–Crippen LogP) is 0.329. The lowest BCUT2D eigenvalue weighted by Crippen LogP contribution is -2.37. The average Bonchev–Trinajstić information content (AvgIpc) is 2.43. The molecule has 6 nitrogen and oxygen atoms in total. The summed E-state index contributed by atoms with van der Waals surface area (Å²) in [6.45, 7) is 0.177. The summed E-state index contributed by atoms with van der Waals surface area (Å²) in [5.41, 5.74) is 0.794. The topological polar surface area (TPSA) is 90.6 Å². The van der Waals surface area contributed by atoms with Gasteiger partial charge in [0.15, 0.2) is 0 Å². The Morgan fingerprint density at radius 3 is 2.65 bits per heavy atom. The molecule has 1 N–H and O–H groups in total. The second-order valence-electron chi connectivity index (χ2n) is 4.14. The van der Waals surface area contributed by atoms with Crippen LogP contribution < -0.4 is 0 Å². The van der Waals surface area contributed by atoms with E-state index in [1.54, 1.807) is 24.3 Å². The molecule has 20 heavy (non-hydrogen) atoms. The van der Waals surface area contributed by atoms with Crippen LogP contribution in [0.2, 0.25) is 0 Å². The molecule has 0 aliphatic rings. The van der Waals surface area contributed by atoms with Gasteiger partial charge in [-0.1, -0.05) is 18.2 Å². The lowest BCUT2D eigenvalue weighted by molar-refractivity contribution is 0.168. The Kier molecular flexibility index (Phi) is 6.61. The van der Waals surface area contributed by atoms with E-state index in [0.717, 1.165) is 0 Å². The van der Waals surface area contributed by atoms with Gasteiger partial charge in [0, 0.05) is 20.2 Å². The summed E-state index contributed by atoms with van der Waals surface area (Å²) >= 11 is 0. The van der Waals surface area contributed by atoms with Crippen molar-refractivity contribution in [1.82, 2.24) is 4.31 Å². The highest BCUT2D eigenvalue weighted by atomic mass is 32.2. The van der Waals surface area contributed by atoms with E-state index in [0.29, 0.717) is 11.1 Å². The zero-order valence-electron chi connectivity index (χ0n) is 11.3. The van der Waals surface area contributed by atoms with Crippen LogP contribution in [0.1, 0.15) is 11.1 Å². The fourth-order valence-electron chi connectivity index (χ4n) is 1.74. The zero-order chi connectivity index (χ0) is 15.0. The molecule has 0 atom stereocenters. The van der Waals surface area contributed by atoms with Crippen molar-refractivity contribution in [3.05, 3.63) is 35.4 Å². The minimum Gasteiger partial charge on any atom is -0.395 e. The highest BCUT2D eigenvalue weighted by Gasteiger charge is 2.22. The van der Waals surface area contributed by atoms with Crippen molar-refractivity contribution in [1.29, 1.82) is 5.26 Å². The van der Waals surface area contributed by atoms with E-state index in [2.05, 4.69) is 0 Å². The van der Waals surface area contributed by atoms with Gasteiger partial charge in [0.25, 0.3) is 0 Å². The van der Waals surface area contributed by atoms with Gasteiger partial charge in [0.05, 0.1) is 30.6 Å². The molecule has 0 aliphatic heterocycles. The maximum absolute atomic E-state index is 12.3. The fraction of sp³-hybridized carbons (Fsp3) is 0.462. The van der Waals surface area contributed by atoms with Crippen LogP contribution in [0.5, 0.6) is 0 Å².